The predicted octanol–water partition coefficient (Wildman–Crippen LogP) is 4.02. The maximum absolute atomic E-state index is 13.4. The molecule has 0 spiro atoms. The number of non-ortho nitro benzene ring substituents is 1. The third kappa shape index (κ3) is 6.35. The summed E-state index contributed by atoms with van der Waals surface area (Å²) in [6, 6.07) is 23.8. The number of hydrogen-bond donors (Lipinski definition) is 2. The minimum atomic E-state index is -0.829. The second kappa shape index (κ2) is 11.5. The van der Waals surface area contributed by atoms with Crippen LogP contribution in [0.25, 0.3) is 0 Å². The topological polar surface area (TPSA) is 114 Å². The molecule has 34 heavy (non-hydrogen) atoms. The van der Waals surface area contributed by atoms with Gasteiger partial charge in [0, 0.05) is 17.7 Å². The third-order valence-electron chi connectivity index (χ3n) is 5.24. The molecule has 1 atom stereocenters. The quantitative estimate of drug-likeness (QED) is 0.286. The molecule has 8 nitrogen and oxygen atoms in total. The lowest BCUT2D eigenvalue weighted by atomic mass is 9.89. The average molecular weight is 459 g/mol. The van der Waals surface area contributed by atoms with Gasteiger partial charge in [-0.05, 0) is 17.0 Å². The molecule has 3 aromatic carbocycles. The molecule has 0 radical (unpaired) electrons. The maximum atomic E-state index is 13.4. The Morgan fingerprint density at radius 3 is 2.00 bits per heavy atom. The molecule has 0 saturated heterocycles. The molecule has 0 aromatic heterocycles. The molecule has 0 saturated carbocycles. The van der Waals surface area contributed by atoms with Crippen molar-refractivity contribution in [2.75, 3.05) is 0 Å². The zero-order chi connectivity index (χ0) is 24.5. The molecular formula is C26H26N4O4. The van der Waals surface area contributed by atoms with Crippen molar-refractivity contribution in [3.05, 3.63) is 112 Å². The number of carbonyl (C=O) groups is 2. The van der Waals surface area contributed by atoms with Crippen LogP contribution in [0.15, 0.2) is 90.0 Å². The number of nitrogens with one attached hydrogen (secondary N) is 2. The van der Waals surface area contributed by atoms with Gasteiger partial charge in [0.25, 0.3) is 11.6 Å². The van der Waals surface area contributed by atoms with Gasteiger partial charge in [-0.1, -0.05) is 86.6 Å². The fraction of sp³-hybridized carbons (Fsp3) is 0.192. The third-order valence-corrected chi connectivity index (χ3v) is 5.24. The molecular weight excluding hydrogens is 432 g/mol. The molecule has 8 heteroatoms. The number of rotatable bonds is 9. The van der Waals surface area contributed by atoms with Crippen molar-refractivity contribution >= 4 is 23.7 Å². The monoisotopic (exact) mass is 458 g/mol. The Balaban J connectivity index is 1.75. The van der Waals surface area contributed by atoms with Crippen molar-refractivity contribution in [2.24, 2.45) is 11.0 Å². The highest BCUT2D eigenvalue weighted by molar-refractivity contribution is 5.93. The summed E-state index contributed by atoms with van der Waals surface area (Å²) in [7, 11) is 0. The molecule has 0 heterocycles. The fourth-order valence-corrected chi connectivity index (χ4v) is 3.52. The Labute approximate surface area is 197 Å². The first kappa shape index (κ1) is 24.3. The highest BCUT2D eigenvalue weighted by Crippen LogP contribution is 2.25. The molecule has 0 bridgehead atoms. The van der Waals surface area contributed by atoms with Crippen LogP contribution in [0, 0.1) is 16.0 Å². The van der Waals surface area contributed by atoms with Gasteiger partial charge in [-0.3, -0.25) is 19.7 Å². The minimum absolute atomic E-state index is 0.0736. The molecule has 174 valence electrons. The minimum Gasteiger partial charge on any atom is -0.343 e. The Morgan fingerprint density at radius 1 is 0.882 bits per heavy atom. The summed E-state index contributed by atoms with van der Waals surface area (Å²) >= 11 is 0. The fourth-order valence-electron chi connectivity index (χ4n) is 3.52. The Kier molecular flexibility index (Phi) is 8.23. The number of hydrogen-bond acceptors (Lipinski definition) is 5. The molecule has 0 aliphatic rings. The average Bonchev–Trinajstić information content (AvgIpc) is 2.84. The van der Waals surface area contributed by atoms with Gasteiger partial charge in [-0.15, -0.1) is 0 Å². The molecule has 0 aliphatic carbocycles. The number of nitro groups is 1. The summed E-state index contributed by atoms with van der Waals surface area (Å²) in [5.74, 6) is -1.56. The van der Waals surface area contributed by atoms with Gasteiger partial charge >= 0.3 is 0 Å². The predicted molar refractivity (Wildman–Crippen MR) is 130 cm³/mol. The number of benzene rings is 3. The summed E-state index contributed by atoms with van der Waals surface area (Å²) in [5, 5.41) is 17.7. The van der Waals surface area contributed by atoms with Gasteiger partial charge in [-0.25, -0.2) is 5.43 Å². The van der Waals surface area contributed by atoms with Crippen molar-refractivity contribution < 1.29 is 14.5 Å². The van der Waals surface area contributed by atoms with E-state index >= 15 is 0 Å². The molecule has 0 unspecified atom stereocenters. The van der Waals surface area contributed by atoms with Crippen LogP contribution in [-0.2, 0) is 9.59 Å². The van der Waals surface area contributed by atoms with E-state index in [0.29, 0.717) is 5.56 Å². The van der Waals surface area contributed by atoms with Gasteiger partial charge in [-0.2, -0.15) is 5.10 Å². The normalized spacial score (nSPS) is 12.0. The van der Waals surface area contributed by atoms with E-state index in [1.807, 2.05) is 74.5 Å². The van der Waals surface area contributed by atoms with Crippen LogP contribution >= 0.6 is 0 Å². The molecule has 0 fully saturated rings. The molecule has 3 rings (SSSR count). The zero-order valence-electron chi connectivity index (χ0n) is 18.9. The van der Waals surface area contributed by atoms with E-state index in [2.05, 4.69) is 15.8 Å². The summed E-state index contributed by atoms with van der Waals surface area (Å²) in [6.07, 6.45) is 1.32. The number of amides is 2. The molecule has 2 amide bonds. The Bertz CT molecular complexity index is 1120. The highest BCUT2D eigenvalue weighted by Gasteiger charge is 2.29. The first-order chi connectivity index (χ1) is 16.4. The number of hydrazone groups is 1. The Hall–Kier alpha value is -4.33. The van der Waals surface area contributed by atoms with Gasteiger partial charge < -0.3 is 5.32 Å². The van der Waals surface area contributed by atoms with Crippen LogP contribution in [0.1, 0.15) is 36.5 Å². The van der Waals surface area contributed by atoms with Crippen LogP contribution in [0.3, 0.4) is 0 Å². The van der Waals surface area contributed by atoms with Gasteiger partial charge in [0.15, 0.2) is 0 Å². The standard InChI is InChI=1S/C26H26N4O4/c1-18(2)24(26(32)29-27-17-19-10-9-15-22(16-19)30(33)34)28-25(31)23(20-11-5-3-6-12-20)21-13-7-4-8-14-21/h3-18,23-24H,1-2H3,(H,28,31)(H,29,32)/b27-17-/t24-/m1/s1. The van der Waals surface area contributed by atoms with Crippen molar-refractivity contribution in [1.29, 1.82) is 0 Å². The smallest absolute Gasteiger partial charge is 0.270 e. The molecule has 2 N–H and O–H groups in total. The van der Waals surface area contributed by atoms with E-state index in [4.69, 9.17) is 0 Å². The van der Waals surface area contributed by atoms with E-state index in [1.54, 1.807) is 6.07 Å². The van der Waals surface area contributed by atoms with Crippen LogP contribution in [0.2, 0.25) is 0 Å². The Morgan fingerprint density at radius 2 is 1.47 bits per heavy atom. The van der Waals surface area contributed by atoms with E-state index in [-0.39, 0.29) is 17.5 Å². The van der Waals surface area contributed by atoms with E-state index in [9.17, 15) is 19.7 Å². The number of nitrogens with zero attached hydrogens (tertiary/aromatic N) is 2. The maximum Gasteiger partial charge on any atom is 0.270 e. The van der Waals surface area contributed by atoms with E-state index < -0.39 is 22.8 Å². The summed E-state index contributed by atoms with van der Waals surface area (Å²) in [5.41, 5.74) is 4.46. The second-order valence-electron chi connectivity index (χ2n) is 8.07. The van der Waals surface area contributed by atoms with Crippen molar-refractivity contribution in [2.45, 2.75) is 25.8 Å². The lowest BCUT2D eigenvalue weighted by Gasteiger charge is -2.24. The summed E-state index contributed by atoms with van der Waals surface area (Å²) < 4.78 is 0. The SMILES string of the molecule is CC(C)[C@@H](NC(=O)C(c1ccccc1)c1ccccc1)C(=O)N/N=C\c1cccc([N+](=O)[O-])c1. The largest absolute Gasteiger partial charge is 0.343 e. The van der Waals surface area contributed by atoms with Gasteiger partial charge in [0.05, 0.1) is 17.1 Å². The van der Waals surface area contributed by atoms with Crippen LogP contribution in [-0.4, -0.2) is 29.0 Å². The second-order valence-corrected chi connectivity index (χ2v) is 8.07. The number of carbonyl (C=O) groups excluding carboxylic acids is 2. The van der Waals surface area contributed by atoms with Gasteiger partial charge in [0.2, 0.25) is 5.91 Å². The number of nitro benzene ring substituents is 1. The van der Waals surface area contributed by atoms with Crippen LogP contribution < -0.4 is 10.7 Å². The van der Waals surface area contributed by atoms with E-state index in [0.717, 1.165) is 11.1 Å². The van der Waals surface area contributed by atoms with Crippen molar-refractivity contribution in [1.82, 2.24) is 10.7 Å². The highest BCUT2D eigenvalue weighted by atomic mass is 16.6. The summed E-state index contributed by atoms with van der Waals surface area (Å²) in [6.45, 7) is 3.66. The lowest BCUT2D eigenvalue weighted by Crippen LogP contribution is -2.50. The van der Waals surface area contributed by atoms with E-state index in [1.165, 1.54) is 24.4 Å². The van der Waals surface area contributed by atoms with Crippen molar-refractivity contribution in [3.8, 4) is 0 Å². The first-order valence-corrected chi connectivity index (χ1v) is 10.8. The van der Waals surface area contributed by atoms with Gasteiger partial charge in [0.1, 0.15) is 6.04 Å². The zero-order valence-corrected chi connectivity index (χ0v) is 18.9. The molecule has 0 aliphatic heterocycles. The lowest BCUT2D eigenvalue weighted by molar-refractivity contribution is -0.384. The molecule has 3 aromatic rings. The first-order valence-electron chi connectivity index (χ1n) is 10.8. The summed E-state index contributed by atoms with van der Waals surface area (Å²) in [4.78, 5) is 36.6. The van der Waals surface area contributed by atoms with Crippen molar-refractivity contribution in [3.63, 3.8) is 0 Å². The van der Waals surface area contributed by atoms with Crippen LogP contribution in [0.5, 0.6) is 0 Å². The van der Waals surface area contributed by atoms with Crippen LogP contribution in [0.4, 0.5) is 5.69 Å².